The van der Waals surface area contributed by atoms with Crippen molar-refractivity contribution in [2.45, 2.75) is 18.3 Å². The molecule has 13 heavy (non-hydrogen) atoms. The van der Waals surface area contributed by atoms with Gasteiger partial charge in [-0.15, -0.1) is 0 Å². The molecule has 0 aliphatic carbocycles. The standard InChI is InChI=1S/C6H11O6P/c7-4-3-12-5(6(4)8)1-2-13(9,10)11/h1-2,4-8H,3H2,(H2,9,10,11)/b2-1-/t4-,5-,6?/m1/s1. The van der Waals surface area contributed by atoms with Gasteiger partial charge in [0.2, 0.25) is 0 Å². The molecule has 76 valence electrons. The Morgan fingerprint density at radius 2 is 2.00 bits per heavy atom. The molecule has 1 aliphatic rings. The molecule has 4 N–H and O–H groups in total. The van der Waals surface area contributed by atoms with E-state index in [9.17, 15) is 9.67 Å². The van der Waals surface area contributed by atoms with Gasteiger partial charge in [0.05, 0.1) is 6.61 Å². The molecule has 0 bridgehead atoms. The maximum absolute atomic E-state index is 10.4. The quantitative estimate of drug-likeness (QED) is 0.426. The Morgan fingerprint density at radius 3 is 2.38 bits per heavy atom. The van der Waals surface area contributed by atoms with E-state index in [-0.39, 0.29) is 6.61 Å². The Hall–Kier alpha value is -0.230. The average molecular weight is 210 g/mol. The minimum Gasteiger partial charge on any atom is -0.388 e. The number of ether oxygens (including phenoxy) is 1. The first-order chi connectivity index (χ1) is 5.90. The van der Waals surface area contributed by atoms with Crippen molar-refractivity contribution < 1.29 is 29.3 Å². The van der Waals surface area contributed by atoms with E-state index in [1.54, 1.807) is 0 Å². The molecule has 1 unspecified atom stereocenters. The van der Waals surface area contributed by atoms with Crippen molar-refractivity contribution in [3.63, 3.8) is 0 Å². The second-order valence-corrected chi connectivity index (χ2v) is 4.26. The molecule has 7 heteroatoms. The topological polar surface area (TPSA) is 107 Å². The van der Waals surface area contributed by atoms with Gasteiger partial charge in [-0.2, -0.15) is 0 Å². The van der Waals surface area contributed by atoms with Crippen LogP contribution in [-0.2, 0) is 9.30 Å². The highest BCUT2D eigenvalue weighted by molar-refractivity contribution is 7.55. The van der Waals surface area contributed by atoms with Crippen molar-refractivity contribution in [3.05, 3.63) is 11.9 Å². The van der Waals surface area contributed by atoms with Gasteiger partial charge in [0, 0.05) is 5.82 Å². The maximum atomic E-state index is 10.4. The van der Waals surface area contributed by atoms with Crippen molar-refractivity contribution in [2.24, 2.45) is 0 Å². The second-order valence-electron chi connectivity index (χ2n) is 2.79. The number of aliphatic hydroxyl groups excluding tert-OH is 2. The van der Waals surface area contributed by atoms with E-state index in [2.05, 4.69) is 0 Å². The first-order valence-electron chi connectivity index (χ1n) is 3.62. The maximum Gasteiger partial charge on any atom is 0.348 e. The minimum atomic E-state index is -4.22. The highest BCUT2D eigenvalue weighted by atomic mass is 31.2. The summed E-state index contributed by atoms with van der Waals surface area (Å²) in [4.78, 5) is 16.9. The van der Waals surface area contributed by atoms with Crippen LogP contribution in [0.2, 0.25) is 0 Å². The molecule has 1 saturated heterocycles. The zero-order chi connectivity index (χ0) is 10.1. The van der Waals surface area contributed by atoms with Gasteiger partial charge < -0.3 is 24.7 Å². The van der Waals surface area contributed by atoms with Gasteiger partial charge in [0.25, 0.3) is 0 Å². The molecule has 6 nitrogen and oxygen atoms in total. The molecule has 1 aliphatic heterocycles. The first kappa shape index (κ1) is 10.8. The normalized spacial score (nSPS) is 35.8. The molecule has 1 heterocycles. The number of hydrogen-bond acceptors (Lipinski definition) is 4. The van der Waals surface area contributed by atoms with Gasteiger partial charge in [0.15, 0.2) is 0 Å². The van der Waals surface area contributed by atoms with Crippen LogP contribution in [-0.4, -0.2) is 44.9 Å². The summed E-state index contributed by atoms with van der Waals surface area (Å²) in [5.41, 5.74) is 0. The van der Waals surface area contributed by atoms with Gasteiger partial charge in [-0.1, -0.05) is 0 Å². The number of aliphatic hydroxyl groups is 2. The molecule has 0 amide bonds. The van der Waals surface area contributed by atoms with Crippen molar-refractivity contribution in [1.29, 1.82) is 0 Å². The van der Waals surface area contributed by atoms with Gasteiger partial charge in [-0.05, 0) is 6.08 Å². The predicted octanol–water partition coefficient (Wildman–Crippen LogP) is -1.20. The van der Waals surface area contributed by atoms with Crippen LogP contribution in [0.5, 0.6) is 0 Å². The fourth-order valence-electron chi connectivity index (χ4n) is 0.992. The van der Waals surface area contributed by atoms with Crippen molar-refractivity contribution in [2.75, 3.05) is 6.61 Å². The summed E-state index contributed by atoms with van der Waals surface area (Å²) in [7, 11) is -4.22. The molecule has 0 spiro atoms. The summed E-state index contributed by atoms with van der Waals surface area (Å²) in [6.07, 6.45) is -1.90. The van der Waals surface area contributed by atoms with Crippen LogP contribution >= 0.6 is 7.60 Å². The van der Waals surface area contributed by atoms with E-state index in [1.807, 2.05) is 0 Å². The van der Waals surface area contributed by atoms with Crippen LogP contribution in [0.25, 0.3) is 0 Å². The van der Waals surface area contributed by atoms with Crippen LogP contribution in [0.3, 0.4) is 0 Å². The molecule has 1 fully saturated rings. The first-order valence-corrected chi connectivity index (χ1v) is 5.30. The summed E-state index contributed by atoms with van der Waals surface area (Å²) >= 11 is 0. The largest absolute Gasteiger partial charge is 0.388 e. The lowest BCUT2D eigenvalue weighted by Gasteiger charge is -2.09. The summed E-state index contributed by atoms with van der Waals surface area (Å²) in [6.45, 7) is -0.0304. The van der Waals surface area contributed by atoms with E-state index in [0.717, 1.165) is 6.08 Å². The minimum absolute atomic E-state index is 0.0304. The zero-order valence-corrected chi connectivity index (χ0v) is 7.54. The third-order valence-corrected chi connectivity index (χ3v) is 2.22. The molecule has 0 aromatic carbocycles. The van der Waals surface area contributed by atoms with E-state index < -0.39 is 25.9 Å². The Balaban J connectivity index is 2.56. The van der Waals surface area contributed by atoms with Crippen molar-refractivity contribution >= 4 is 7.60 Å². The molecule has 0 radical (unpaired) electrons. The lowest BCUT2D eigenvalue weighted by atomic mass is 10.1. The summed E-state index contributed by atoms with van der Waals surface area (Å²) in [5, 5.41) is 18.2. The summed E-state index contributed by atoms with van der Waals surface area (Å²) in [5.74, 6) is 0.652. The SMILES string of the molecule is O=P(O)(O)/C=C\[C@H]1OC[C@@H](O)C1O. The average Bonchev–Trinajstić information content (AvgIpc) is 2.29. The van der Waals surface area contributed by atoms with Gasteiger partial charge in [0.1, 0.15) is 18.3 Å². The van der Waals surface area contributed by atoms with Crippen LogP contribution in [0.15, 0.2) is 11.9 Å². The molecular weight excluding hydrogens is 199 g/mol. The molecule has 0 aromatic heterocycles. The monoisotopic (exact) mass is 210 g/mol. The van der Waals surface area contributed by atoms with Gasteiger partial charge in [-0.25, -0.2) is 0 Å². The Kier molecular flexibility index (Phi) is 3.23. The van der Waals surface area contributed by atoms with Crippen LogP contribution in [0.1, 0.15) is 0 Å². The van der Waals surface area contributed by atoms with Crippen molar-refractivity contribution in [1.82, 2.24) is 0 Å². The third kappa shape index (κ3) is 3.19. The van der Waals surface area contributed by atoms with E-state index in [0.29, 0.717) is 5.82 Å². The lowest BCUT2D eigenvalue weighted by molar-refractivity contribution is 0.0420. The smallest absolute Gasteiger partial charge is 0.348 e. The molecule has 3 atom stereocenters. The predicted molar refractivity (Wildman–Crippen MR) is 42.9 cm³/mol. The van der Waals surface area contributed by atoms with E-state index in [1.165, 1.54) is 0 Å². The summed E-state index contributed by atoms with van der Waals surface area (Å²) < 4.78 is 15.2. The van der Waals surface area contributed by atoms with E-state index in [4.69, 9.17) is 19.6 Å². The Labute approximate surface area is 74.6 Å². The fourth-order valence-corrected chi connectivity index (χ4v) is 1.39. The highest BCUT2D eigenvalue weighted by Gasteiger charge is 2.33. The second kappa shape index (κ2) is 3.88. The zero-order valence-electron chi connectivity index (χ0n) is 6.65. The number of rotatable bonds is 2. The molecule has 0 saturated carbocycles. The molecule has 1 rings (SSSR count). The van der Waals surface area contributed by atoms with Crippen LogP contribution < -0.4 is 0 Å². The molecular formula is C6H11O6P. The Bertz CT molecular complexity index is 246. The van der Waals surface area contributed by atoms with Crippen LogP contribution in [0.4, 0.5) is 0 Å². The third-order valence-electron chi connectivity index (χ3n) is 1.66. The Morgan fingerprint density at radius 1 is 1.38 bits per heavy atom. The van der Waals surface area contributed by atoms with Crippen LogP contribution in [0, 0.1) is 0 Å². The van der Waals surface area contributed by atoms with E-state index >= 15 is 0 Å². The fraction of sp³-hybridized carbons (Fsp3) is 0.667. The van der Waals surface area contributed by atoms with Gasteiger partial charge >= 0.3 is 7.60 Å². The van der Waals surface area contributed by atoms with Crippen molar-refractivity contribution in [3.8, 4) is 0 Å². The number of hydrogen-bond donors (Lipinski definition) is 4. The highest BCUT2D eigenvalue weighted by Crippen LogP contribution is 2.36. The van der Waals surface area contributed by atoms with Gasteiger partial charge in [-0.3, -0.25) is 4.57 Å². The molecule has 0 aromatic rings. The summed E-state index contributed by atoms with van der Waals surface area (Å²) in [6, 6.07) is 0. The lowest BCUT2D eigenvalue weighted by Crippen LogP contribution is -2.28.